The average molecular weight is 338 g/mol. The van der Waals surface area contributed by atoms with Crippen molar-refractivity contribution in [1.29, 1.82) is 0 Å². The van der Waals surface area contributed by atoms with Crippen LogP contribution in [0.1, 0.15) is 13.8 Å². The van der Waals surface area contributed by atoms with Gasteiger partial charge in [-0.15, -0.1) is 11.8 Å². The Morgan fingerprint density at radius 2 is 2.13 bits per heavy atom. The van der Waals surface area contributed by atoms with E-state index in [4.69, 9.17) is 14.2 Å². The Morgan fingerprint density at radius 3 is 2.87 bits per heavy atom. The van der Waals surface area contributed by atoms with Crippen molar-refractivity contribution in [2.45, 2.75) is 55.8 Å². The summed E-state index contributed by atoms with van der Waals surface area (Å²) in [6, 6.07) is 0. The largest absolute Gasteiger partial charge is 0.387 e. The second kappa shape index (κ2) is 5.38. The van der Waals surface area contributed by atoms with Gasteiger partial charge in [-0.3, -0.25) is 0 Å². The number of rotatable bonds is 3. The van der Waals surface area contributed by atoms with E-state index in [1.165, 1.54) is 18.1 Å². The molecule has 0 aliphatic carbocycles. The second-order valence-corrected chi connectivity index (χ2v) is 6.88. The summed E-state index contributed by atoms with van der Waals surface area (Å²) in [5.74, 6) is -0.0141. The van der Waals surface area contributed by atoms with Gasteiger partial charge in [-0.1, -0.05) is 0 Å². The number of ether oxygens (including phenoxy) is 3. The minimum Gasteiger partial charge on any atom is -0.387 e. The Morgan fingerprint density at radius 1 is 1.30 bits per heavy atom. The molecule has 0 bridgehead atoms. The van der Waals surface area contributed by atoms with Crippen LogP contribution >= 0.6 is 11.8 Å². The predicted octanol–water partition coefficient (Wildman–Crippen LogP) is 0.737. The third-order valence-electron chi connectivity index (χ3n) is 4.05. The molecular formula is C14H18N4O4S. The molecule has 0 spiro atoms. The summed E-state index contributed by atoms with van der Waals surface area (Å²) < 4.78 is 19.0. The first-order chi connectivity index (χ1) is 11.0. The molecule has 0 aromatic heterocycles. The maximum atomic E-state index is 10.5. The van der Waals surface area contributed by atoms with Crippen LogP contribution in [-0.4, -0.2) is 61.3 Å². The Bertz CT molecular complexity index is 693. The summed E-state index contributed by atoms with van der Waals surface area (Å²) in [4.78, 5) is 12.9. The molecule has 4 aliphatic rings. The summed E-state index contributed by atoms with van der Waals surface area (Å²) >= 11 is 1.52. The SMILES string of the molecule is CSc1ncn(C[C@H]2O[C@@H]3OC(C)(C)O[C@@H]3[C@H]2O)c2ncnc1-2. The molecule has 9 heteroatoms. The second-order valence-electron chi connectivity index (χ2n) is 6.09. The normalized spacial score (nSPS) is 32.5. The molecule has 0 aromatic rings. The van der Waals surface area contributed by atoms with Crippen molar-refractivity contribution in [2.75, 3.05) is 6.26 Å². The number of fused-ring (bicyclic) bond motifs is 2. The van der Waals surface area contributed by atoms with Gasteiger partial charge in [0.2, 0.25) is 0 Å². The van der Waals surface area contributed by atoms with Crippen molar-refractivity contribution in [1.82, 2.24) is 19.5 Å². The molecule has 2 fully saturated rings. The fraction of sp³-hybridized carbons (Fsp3) is 0.643. The highest BCUT2D eigenvalue weighted by atomic mass is 32.2. The first kappa shape index (κ1) is 15.3. The number of hydrogen-bond donors (Lipinski definition) is 1. The number of aromatic nitrogens is 4. The van der Waals surface area contributed by atoms with Crippen molar-refractivity contribution >= 4 is 11.8 Å². The van der Waals surface area contributed by atoms with Crippen LogP contribution < -0.4 is 0 Å². The quantitative estimate of drug-likeness (QED) is 0.647. The van der Waals surface area contributed by atoms with Gasteiger partial charge in [0.1, 0.15) is 35.4 Å². The Hall–Kier alpha value is -1.26. The van der Waals surface area contributed by atoms with Gasteiger partial charge in [-0.05, 0) is 20.1 Å². The minimum absolute atomic E-state index is 0.401. The number of thioether (sulfide) groups is 1. The smallest absolute Gasteiger partial charge is 0.190 e. The molecule has 0 amide bonds. The molecule has 124 valence electrons. The van der Waals surface area contributed by atoms with Crippen LogP contribution in [0.25, 0.3) is 11.5 Å². The highest BCUT2D eigenvalue weighted by molar-refractivity contribution is 7.98. The third-order valence-corrected chi connectivity index (χ3v) is 4.74. The number of aliphatic hydroxyl groups excluding tert-OH is 1. The van der Waals surface area contributed by atoms with E-state index in [1.807, 2.05) is 10.8 Å². The molecular weight excluding hydrogens is 320 g/mol. The van der Waals surface area contributed by atoms with Gasteiger partial charge in [-0.2, -0.15) is 0 Å². The monoisotopic (exact) mass is 338 g/mol. The maximum absolute atomic E-state index is 10.5. The Kier molecular flexibility index (Phi) is 3.58. The standard InChI is InChI=1S/C14H18N4O4S/c1-14(2)21-10-9(19)7(20-13(10)22-14)4-18-6-17-12(23-3)8-11(18)16-5-15-8/h5-7,9-10,13,19H,4H2,1-3H3/t7-,9+,10-,13-/m1/s1. The van der Waals surface area contributed by atoms with E-state index in [2.05, 4.69) is 15.0 Å². The van der Waals surface area contributed by atoms with Crippen LogP contribution in [0.2, 0.25) is 0 Å². The van der Waals surface area contributed by atoms with Crippen LogP contribution in [0.3, 0.4) is 0 Å². The van der Waals surface area contributed by atoms with E-state index in [9.17, 15) is 5.11 Å². The molecule has 8 nitrogen and oxygen atoms in total. The molecule has 0 saturated carbocycles. The number of imidazole rings is 1. The van der Waals surface area contributed by atoms with E-state index < -0.39 is 30.4 Å². The molecule has 2 saturated heterocycles. The molecule has 1 N–H and O–H groups in total. The lowest BCUT2D eigenvalue weighted by Crippen LogP contribution is -2.36. The number of nitrogens with zero attached hydrogens (tertiary/aromatic N) is 4. The van der Waals surface area contributed by atoms with Gasteiger partial charge >= 0.3 is 0 Å². The van der Waals surface area contributed by atoms with Crippen molar-refractivity contribution in [3.63, 3.8) is 0 Å². The van der Waals surface area contributed by atoms with E-state index in [-0.39, 0.29) is 0 Å². The fourth-order valence-corrected chi connectivity index (χ4v) is 3.54. The topological polar surface area (TPSA) is 91.5 Å². The first-order valence-electron chi connectivity index (χ1n) is 7.37. The van der Waals surface area contributed by atoms with Crippen LogP contribution in [0.5, 0.6) is 0 Å². The molecule has 0 unspecified atom stereocenters. The molecule has 23 heavy (non-hydrogen) atoms. The van der Waals surface area contributed by atoms with Gasteiger partial charge in [0.05, 0.1) is 12.9 Å². The zero-order valence-electron chi connectivity index (χ0n) is 13.0. The lowest BCUT2D eigenvalue weighted by Gasteiger charge is -2.24. The van der Waals surface area contributed by atoms with Gasteiger partial charge in [0.25, 0.3) is 0 Å². The van der Waals surface area contributed by atoms with Crippen molar-refractivity contribution in [3.05, 3.63) is 12.7 Å². The number of hydrogen-bond acceptors (Lipinski definition) is 8. The van der Waals surface area contributed by atoms with Gasteiger partial charge < -0.3 is 23.9 Å². The summed E-state index contributed by atoms with van der Waals surface area (Å²) in [5.41, 5.74) is 0.751. The van der Waals surface area contributed by atoms with Crippen LogP contribution in [0.4, 0.5) is 0 Å². The molecule has 4 heterocycles. The number of aliphatic hydroxyl groups is 1. The summed E-state index contributed by atoms with van der Waals surface area (Å²) in [6.45, 7) is 4.01. The molecule has 0 radical (unpaired) electrons. The first-order valence-corrected chi connectivity index (χ1v) is 8.60. The lowest BCUT2D eigenvalue weighted by atomic mass is 10.1. The van der Waals surface area contributed by atoms with Crippen molar-refractivity contribution in [2.24, 2.45) is 0 Å². The molecule has 4 aliphatic heterocycles. The minimum atomic E-state index is -0.771. The summed E-state index contributed by atoms with van der Waals surface area (Å²) in [7, 11) is 0. The molecule has 4 atom stereocenters. The molecule has 0 aromatic carbocycles. The van der Waals surface area contributed by atoms with Gasteiger partial charge in [0.15, 0.2) is 17.9 Å². The zero-order valence-corrected chi connectivity index (χ0v) is 13.9. The molecule has 4 rings (SSSR count). The zero-order chi connectivity index (χ0) is 16.2. The summed E-state index contributed by atoms with van der Waals surface area (Å²) in [6.07, 6.45) is 2.90. The van der Waals surface area contributed by atoms with Gasteiger partial charge in [-0.25, -0.2) is 15.0 Å². The van der Waals surface area contributed by atoms with Gasteiger partial charge in [0, 0.05) is 0 Å². The van der Waals surface area contributed by atoms with Crippen LogP contribution in [0, 0.1) is 0 Å². The van der Waals surface area contributed by atoms with Crippen LogP contribution in [-0.2, 0) is 20.8 Å². The Labute approximate surface area is 137 Å². The highest BCUT2D eigenvalue weighted by Crippen LogP contribution is 2.38. The summed E-state index contributed by atoms with van der Waals surface area (Å²) in [5, 5.41) is 11.3. The van der Waals surface area contributed by atoms with E-state index >= 15 is 0 Å². The van der Waals surface area contributed by atoms with Crippen molar-refractivity contribution < 1.29 is 19.3 Å². The van der Waals surface area contributed by atoms with Crippen molar-refractivity contribution in [3.8, 4) is 11.5 Å². The fourth-order valence-electron chi connectivity index (χ4n) is 3.05. The average Bonchev–Trinajstić information content (AvgIpc) is 3.16. The van der Waals surface area contributed by atoms with Crippen LogP contribution in [0.15, 0.2) is 17.7 Å². The highest BCUT2D eigenvalue weighted by Gasteiger charge is 2.54. The third kappa shape index (κ3) is 2.52. The maximum Gasteiger partial charge on any atom is 0.190 e. The van der Waals surface area contributed by atoms with E-state index in [1.54, 1.807) is 20.2 Å². The van der Waals surface area contributed by atoms with E-state index in [0.717, 1.165) is 16.5 Å². The lowest BCUT2D eigenvalue weighted by molar-refractivity contribution is -0.216. The Balaban J connectivity index is 1.55. The van der Waals surface area contributed by atoms with E-state index in [0.29, 0.717) is 6.54 Å². The predicted molar refractivity (Wildman–Crippen MR) is 80.9 cm³/mol.